The number of methoxy groups -OCH3 is 1. The average molecular weight is 394 g/mol. The fraction of sp³-hybridized carbons (Fsp3) is 0.0952. The number of esters is 1. The minimum Gasteiger partial charge on any atom is -0.465 e. The SMILES string of the molecule is COC(=O)c1ccc(-c2cc(=O)n3[nH]c(-c4ccccc4Cl)c(C)c3n2)cc1. The van der Waals surface area contributed by atoms with Gasteiger partial charge in [-0.2, -0.15) is 0 Å². The molecule has 4 rings (SSSR count). The van der Waals surface area contributed by atoms with Gasteiger partial charge in [0, 0.05) is 27.8 Å². The van der Waals surface area contributed by atoms with Gasteiger partial charge >= 0.3 is 5.97 Å². The number of halogens is 1. The molecule has 0 spiro atoms. The van der Waals surface area contributed by atoms with Gasteiger partial charge in [0.1, 0.15) is 0 Å². The van der Waals surface area contributed by atoms with E-state index >= 15 is 0 Å². The van der Waals surface area contributed by atoms with Gasteiger partial charge in [0.25, 0.3) is 5.56 Å². The lowest BCUT2D eigenvalue weighted by Crippen LogP contribution is -2.14. The van der Waals surface area contributed by atoms with Crippen molar-refractivity contribution in [2.75, 3.05) is 7.11 Å². The lowest BCUT2D eigenvalue weighted by atomic mass is 10.1. The number of fused-ring (bicyclic) bond motifs is 1. The van der Waals surface area contributed by atoms with Gasteiger partial charge in [-0.25, -0.2) is 14.3 Å². The maximum Gasteiger partial charge on any atom is 0.337 e. The molecular formula is C21H16ClN3O3. The molecule has 0 bridgehead atoms. The number of carbonyl (C=O) groups excluding carboxylic acids is 1. The maximum atomic E-state index is 12.7. The number of carbonyl (C=O) groups is 1. The van der Waals surface area contributed by atoms with Gasteiger partial charge in [-0.15, -0.1) is 0 Å². The van der Waals surface area contributed by atoms with E-state index in [4.69, 9.17) is 16.3 Å². The molecule has 0 atom stereocenters. The highest BCUT2D eigenvalue weighted by atomic mass is 35.5. The normalized spacial score (nSPS) is 11.0. The first-order chi connectivity index (χ1) is 13.5. The minimum absolute atomic E-state index is 0.238. The number of aryl methyl sites for hydroxylation is 1. The molecule has 6 nitrogen and oxygen atoms in total. The van der Waals surface area contributed by atoms with Crippen LogP contribution in [-0.4, -0.2) is 27.7 Å². The molecule has 0 fully saturated rings. The zero-order valence-electron chi connectivity index (χ0n) is 15.2. The number of aromatic amines is 1. The predicted molar refractivity (Wildman–Crippen MR) is 108 cm³/mol. The summed E-state index contributed by atoms with van der Waals surface area (Å²) >= 11 is 6.31. The molecule has 2 aromatic heterocycles. The Balaban J connectivity index is 1.85. The van der Waals surface area contributed by atoms with Gasteiger partial charge in [-0.1, -0.05) is 41.9 Å². The Kier molecular flexibility index (Phi) is 4.49. The molecule has 0 unspecified atom stereocenters. The van der Waals surface area contributed by atoms with E-state index < -0.39 is 5.97 Å². The first-order valence-electron chi connectivity index (χ1n) is 8.55. The Labute approximate surface area is 165 Å². The molecule has 0 aliphatic rings. The van der Waals surface area contributed by atoms with Crippen LogP contribution in [0.25, 0.3) is 28.2 Å². The van der Waals surface area contributed by atoms with Crippen LogP contribution < -0.4 is 5.56 Å². The molecule has 0 saturated heterocycles. The van der Waals surface area contributed by atoms with Crippen LogP contribution in [0.4, 0.5) is 0 Å². The van der Waals surface area contributed by atoms with Crippen molar-refractivity contribution in [1.82, 2.24) is 14.6 Å². The van der Waals surface area contributed by atoms with Gasteiger partial charge in [0.15, 0.2) is 5.65 Å². The quantitative estimate of drug-likeness (QED) is 0.531. The zero-order valence-corrected chi connectivity index (χ0v) is 15.9. The maximum absolute atomic E-state index is 12.7. The van der Waals surface area contributed by atoms with Gasteiger partial charge < -0.3 is 4.74 Å². The third-order valence-electron chi connectivity index (χ3n) is 4.60. The highest BCUT2D eigenvalue weighted by molar-refractivity contribution is 6.33. The van der Waals surface area contributed by atoms with E-state index in [1.165, 1.54) is 17.7 Å². The van der Waals surface area contributed by atoms with Crippen LogP contribution in [-0.2, 0) is 4.74 Å². The van der Waals surface area contributed by atoms with Gasteiger partial charge in [0.2, 0.25) is 0 Å². The Bertz CT molecular complexity index is 1260. The molecule has 0 aliphatic carbocycles. The van der Waals surface area contributed by atoms with E-state index in [9.17, 15) is 9.59 Å². The number of nitrogens with one attached hydrogen (secondary N) is 1. The Hall–Kier alpha value is -3.38. The zero-order chi connectivity index (χ0) is 19.8. The molecule has 0 aliphatic heterocycles. The summed E-state index contributed by atoms with van der Waals surface area (Å²) in [5.74, 6) is -0.416. The van der Waals surface area contributed by atoms with Crippen molar-refractivity contribution in [1.29, 1.82) is 0 Å². The van der Waals surface area contributed by atoms with Crippen LogP contribution in [0.2, 0.25) is 5.02 Å². The molecule has 7 heteroatoms. The third kappa shape index (κ3) is 2.97. The molecule has 4 aromatic rings. The number of aromatic nitrogens is 3. The lowest BCUT2D eigenvalue weighted by molar-refractivity contribution is 0.0601. The van der Waals surface area contributed by atoms with Crippen molar-refractivity contribution < 1.29 is 9.53 Å². The molecule has 2 aromatic carbocycles. The summed E-state index contributed by atoms with van der Waals surface area (Å²) in [6, 6.07) is 15.6. The number of hydrogen-bond donors (Lipinski definition) is 1. The highest BCUT2D eigenvalue weighted by Crippen LogP contribution is 2.30. The van der Waals surface area contributed by atoms with Gasteiger partial charge in [-0.05, 0) is 25.1 Å². The molecule has 140 valence electrons. The molecule has 0 saturated carbocycles. The van der Waals surface area contributed by atoms with Gasteiger partial charge in [0.05, 0.1) is 24.1 Å². The van der Waals surface area contributed by atoms with Crippen LogP contribution in [0, 0.1) is 6.92 Å². The van der Waals surface area contributed by atoms with Crippen LogP contribution in [0.15, 0.2) is 59.4 Å². The molecular weight excluding hydrogens is 378 g/mol. The van der Waals surface area contributed by atoms with Crippen molar-refractivity contribution in [2.24, 2.45) is 0 Å². The van der Waals surface area contributed by atoms with Crippen LogP contribution in [0.3, 0.4) is 0 Å². The van der Waals surface area contributed by atoms with E-state index in [1.807, 2.05) is 25.1 Å². The molecule has 28 heavy (non-hydrogen) atoms. The third-order valence-corrected chi connectivity index (χ3v) is 4.93. The van der Waals surface area contributed by atoms with Crippen molar-refractivity contribution in [3.8, 4) is 22.5 Å². The number of nitrogens with zero attached hydrogens (tertiary/aromatic N) is 2. The standard InChI is InChI=1S/C21H16ClN3O3/c1-12-19(15-5-3-4-6-16(15)22)24-25-18(26)11-17(23-20(12)25)13-7-9-14(10-8-13)21(27)28-2/h3-11,24H,1-2H3. The number of benzene rings is 2. The number of rotatable bonds is 3. The monoisotopic (exact) mass is 393 g/mol. The van der Waals surface area contributed by atoms with Crippen LogP contribution >= 0.6 is 11.6 Å². The van der Waals surface area contributed by atoms with Gasteiger partial charge in [-0.3, -0.25) is 9.89 Å². The fourth-order valence-electron chi connectivity index (χ4n) is 3.12. The second kappa shape index (κ2) is 6.98. The molecule has 0 amide bonds. The summed E-state index contributed by atoms with van der Waals surface area (Å²) in [7, 11) is 1.33. The second-order valence-electron chi connectivity index (χ2n) is 6.30. The van der Waals surface area contributed by atoms with Crippen LogP contribution in [0.1, 0.15) is 15.9 Å². The predicted octanol–water partition coefficient (Wildman–Crippen LogP) is 4.11. The van der Waals surface area contributed by atoms with Crippen molar-refractivity contribution in [3.63, 3.8) is 0 Å². The molecule has 2 heterocycles. The van der Waals surface area contributed by atoms with E-state index in [1.54, 1.807) is 30.3 Å². The largest absolute Gasteiger partial charge is 0.465 e. The number of H-pyrrole nitrogens is 1. The Morgan fingerprint density at radius 2 is 1.86 bits per heavy atom. The number of ether oxygens (including phenoxy) is 1. The topological polar surface area (TPSA) is 76.5 Å². The summed E-state index contributed by atoms with van der Waals surface area (Å²) in [5.41, 5.74) is 4.33. The summed E-state index contributed by atoms with van der Waals surface area (Å²) in [5, 5.41) is 3.68. The smallest absolute Gasteiger partial charge is 0.337 e. The first kappa shape index (κ1) is 18.0. The van der Waals surface area contributed by atoms with Crippen molar-refractivity contribution >= 4 is 23.2 Å². The van der Waals surface area contributed by atoms with E-state index in [2.05, 4.69) is 10.1 Å². The fourth-order valence-corrected chi connectivity index (χ4v) is 3.35. The van der Waals surface area contributed by atoms with Crippen LogP contribution in [0.5, 0.6) is 0 Å². The summed E-state index contributed by atoms with van der Waals surface area (Å²) in [6.45, 7) is 1.89. The van der Waals surface area contributed by atoms with Crippen molar-refractivity contribution in [3.05, 3.63) is 81.1 Å². The molecule has 0 radical (unpaired) electrons. The van der Waals surface area contributed by atoms with E-state index in [-0.39, 0.29) is 5.56 Å². The van der Waals surface area contributed by atoms with E-state index in [0.717, 1.165) is 22.4 Å². The van der Waals surface area contributed by atoms with Crippen molar-refractivity contribution in [2.45, 2.75) is 6.92 Å². The first-order valence-corrected chi connectivity index (χ1v) is 8.93. The summed E-state index contributed by atoms with van der Waals surface area (Å²) < 4.78 is 6.11. The second-order valence-corrected chi connectivity index (χ2v) is 6.71. The minimum atomic E-state index is -0.416. The highest BCUT2D eigenvalue weighted by Gasteiger charge is 2.16. The Morgan fingerprint density at radius 1 is 1.14 bits per heavy atom. The average Bonchev–Trinajstić information content (AvgIpc) is 3.05. The lowest BCUT2D eigenvalue weighted by Gasteiger charge is -2.03. The number of hydrogen-bond acceptors (Lipinski definition) is 4. The molecule has 1 N–H and O–H groups in total. The summed E-state index contributed by atoms with van der Waals surface area (Å²) in [6.07, 6.45) is 0. The summed E-state index contributed by atoms with van der Waals surface area (Å²) in [4.78, 5) is 28.9. The van der Waals surface area contributed by atoms with E-state index in [0.29, 0.717) is 21.9 Å². The Morgan fingerprint density at radius 3 is 2.54 bits per heavy atom.